The first-order valence-electron chi connectivity index (χ1n) is 8.97. The molecule has 1 aliphatic carbocycles. The number of nitrogens with zero attached hydrogens (tertiary/aromatic N) is 1. The smallest absolute Gasteiger partial charge is 0.0541 e. The molecule has 0 bridgehead atoms. The molecule has 1 aliphatic rings. The number of halogens is 1. The van der Waals surface area contributed by atoms with Gasteiger partial charge in [0, 0.05) is 20.9 Å². The van der Waals surface area contributed by atoms with Crippen LogP contribution < -0.4 is 0 Å². The van der Waals surface area contributed by atoms with Crippen LogP contribution in [0.3, 0.4) is 0 Å². The van der Waals surface area contributed by atoms with Crippen LogP contribution in [0.1, 0.15) is 12.8 Å². The fraction of sp³-hybridized carbons (Fsp3) is 0.0833. The topological polar surface area (TPSA) is 4.93 Å². The van der Waals surface area contributed by atoms with Crippen LogP contribution in [0.2, 0.25) is 0 Å². The van der Waals surface area contributed by atoms with Crippen molar-refractivity contribution in [1.82, 2.24) is 4.57 Å². The zero-order chi connectivity index (χ0) is 17.5. The summed E-state index contributed by atoms with van der Waals surface area (Å²) in [6, 6.07) is 24.0. The third-order valence-corrected chi connectivity index (χ3v) is 5.61. The molecule has 3 aromatic carbocycles. The number of rotatable bonds is 2. The summed E-state index contributed by atoms with van der Waals surface area (Å²) in [4.78, 5) is 0. The van der Waals surface area contributed by atoms with Crippen molar-refractivity contribution < 1.29 is 0 Å². The minimum Gasteiger partial charge on any atom is -0.310 e. The highest BCUT2D eigenvalue weighted by Crippen LogP contribution is 2.35. The summed E-state index contributed by atoms with van der Waals surface area (Å²) >= 11 is 3.52. The molecular weight excluding hydrogens is 382 g/mol. The van der Waals surface area contributed by atoms with Gasteiger partial charge in [-0.05, 0) is 60.4 Å². The Balaban J connectivity index is 1.79. The van der Waals surface area contributed by atoms with Crippen molar-refractivity contribution in [2.24, 2.45) is 0 Å². The second-order valence-electron chi connectivity index (χ2n) is 6.70. The summed E-state index contributed by atoms with van der Waals surface area (Å²) < 4.78 is 3.50. The van der Waals surface area contributed by atoms with Crippen molar-refractivity contribution in [3.63, 3.8) is 0 Å². The Labute approximate surface area is 161 Å². The molecule has 2 heteroatoms. The molecule has 0 fully saturated rings. The van der Waals surface area contributed by atoms with E-state index in [1.807, 2.05) is 0 Å². The molecule has 4 aromatic rings. The molecule has 5 rings (SSSR count). The number of hydrogen-bond acceptors (Lipinski definition) is 0. The van der Waals surface area contributed by atoms with Crippen molar-refractivity contribution in [1.29, 1.82) is 0 Å². The summed E-state index contributed by atoms with van der Waals surface area (Å²) in [6.07, 6.45) is 9.10. The maximum Gasteiger partial charge on any atom is 0.0541 e. The number of para-hydroxylation sites is 1. The predicted octanol–water partition coefficient (Wildman–Crippen LogP) is 7.41. The molecule has 1 heterocycles. The molecule has 1 nitrogen and oxygen atoms in total. The number of hydrogen-bond donors (Lipinski definition) is 0. The molecule has 0 atom stereocenters. The summed E-state index contributed by atoms with van der Waals surface area (Å²) in [7, 11) is 0. The molecule has 0 saturated heterocycles. The maximum atomic E-state index is 3.52. The summed E-state index contributed by atoms with van der Waals surface area (Å²) in [5, 5.41) is 2.61. The van der Waals surface area contributed by atoms with E-state index in [1.54, 1.807) is 0 Å². The van der Waals surface area contributed by atoms with Crippen LogP contribution in [0.25, 0.3) is 38.6 Å². The Morgan fingerprint density at radius 1 is 0.731 bits per heavy atom. The quantitative estimate of drug-likeness (QED) is 0.330. The Kier molecular flexibility index (Phi) is 3.79. The lowest BCUT2D eigenvalue weighted by atomic mass is 10.0. The van der Waals surface area contributed by atoms with Crippen LogP contribution >= 0.6 is 15.9 Å². The summed E-state index contributed by atoms with van der Waals surface area (Å²) in [5.74, 6) is 0. The monoisotopic (exact) mass is 399 g/mol. The van der Waals surface area contributed by atoms with Gasteiger partial charge in [0.1, 0.15) is 0 Å². The molecule has 0 N–H and O–H groups in total. The van der Waals surface area contributed by atoms with Gasteiger partial charge in [0.05, 0.1) is 11.0 Å². The van der Waals surface area contributed by atoms with Crippen molar-refractivity contribution in [3.8, 4) is 11.1 Å². The van der Waals surface area contributed by atoms with Gasteiger partial charge in [-0.1, -0.05) is 64.5 Å². The molecule has 0 aliphatic heterocycles. The Hall–Kier alpha value is -2.58. The molecule has 126 valence electrons. The van der Waals surface area contributed by atoms with E-state index in [4.69, 9.17) is 0 Å². The van der Waals surface area contributed by atoms with Gasteiger partial charge in [-0.2, -0.15) is 0 Å². The van der Waals surface area contributed by atoms with Crippen molar-refractivity contribution in [3.05, 3.63) is 89.4 Å². The normalized spacial score (nSPS) is 14.1. The molecule has 26 heavy (non-hydrogen) atoms. The molecular formula is C24H18BrN. The average Bonchev–Trinajstić information content (AvgIpc) is 3.03. The van der Waals surface area contributed by atoms with Gasteiger partial charge in [0.15, 0.2) is 0 Å². The van der Waals surface area contributed by atoms with E-state index in [0.717, 1.165) is 17.3 Å². The molecule has 1 aromatic heterocycles. The van der Waals surface area contributed by atoms with E-state index >= 15 is 0 Å². The zero-order valence-corrected chi connectivity index (χ0v) is 15.9. The third kappa shape index (κ3) is 2.53. The Morgan fingerprint density at radius 3 is 2.31 bits per heavy atom. The second kappa shape index (κ2) is 6.30. The minimum absolute atomic E-state index is 1.11. The van der Waals surface area contributed by atoms with Crippen LogP contribution in [-0.4, -0.2) is 4.57 Å². The molecule has 0 radical (unpaired) electrons. The van der Waals surface area contributed by atoms with Gasteiger partial charge >= 0.3 is 0 Å². The van der Waals surface area contributed by atoms with Crippen molar-refractivity contribution in [2.75, 3.05) is 0 Å². The van der Waals surface area contributed by atoms with Crippen LogP contribution in [0.15, 0.2) is 89.4 Å². The first-order valence-corrected chi connectivity index (χ1v) is 9.77. The van der Waals surface area contributed by atoms with Gasteiger partial charge in [-0.15, -0.1) is 0 Å². The van der Waals surface area contributed by atoms with E-state index in [1.165, 1.54) is 38.6 Å². The lowest BCUT2D eigenvalue weighted by molar-refractivity contribution is 1.02. The highest BCUT2D eigenvalue weighted by atomic mass is 79.9. The van der Waals surface area contributed by atoms with Gasteiger partial charge in [0.25, 0.3) is 0 Å². The van der Waals surface area contributed by atoms with Crippen molar-refractivity contribution in [2.45, 2.75) is 12.8 Å². The Bertz CT molecular complexity index is 1180. The van der Waals surface area contributed by atoms with E-state index in [9.17, 15) is 0 Å². The summed E-state index contributed by atoms with van der Waals surface area (Å²) in [6.45, 7) is 0. The highest BCUT2D eigenvalue weighted by Gasteiger charge is 2.14. The number of allylic oxidation sites excluding steroid dienone is 4. The standard InChI is InChI=1S/C24H18BrN/c25-19-13-10-17(11-14-19)18-12-15-24-22(16-18)21-8-4-5-9-23(21)26(24)20-6-2-1-3-7-20/h2,4-16H,1,3H2. The molecule has 0 spiro atoms. The fourth-order valence-electron chi connectivity index (χ4n) is 3.84. The Morgan fingerprint density at radius 2 is 1.50 bits per heavy atom. The average molecular weight is 400 g/mol. The SMILES string of the molecule is Brc1ccc(-c2ccc3c(c2)c2ccccc2n3C2=CCCC=C2)cc1. The lowest BCUT2D eigenvalue weighted by Gasteiger charge is -2.12. The maximum absolute atomic E-state index is 3.52. The lowest BCUT2D eigenvalue weighted by Crippen LogP contribution is -1.96. The fourth-order valence-corrected chi connectivity index (χ4v) is 4.10. The molecule has 0 amide bonds. The number of aromatic nitrogens is 1. The molecule has 0 saturated carbocycles. The summed E-state index contributed by atoms with van der Waals surface area (Å²) in [5.41, 5.74) is 6.31. The predicted molar refractivity (Wildman–Crippen MR) is 115 cm³/mol. The van der Waals surface area contributed by atoms with E-state index in [-0.39, 0.29) is 0 Å². The van der Waals surface area contributed by atoms with Crippen LogP contribution in [-0.2, 0) is 0 Å². The van der Waals surface area contributed by atoms with E-state index in [2.05, 4.69) is 105 Å². The van der Waals surface area contributed by atoms with Gasteiger partial charge in [-0.3, -0.25) is 0 Å². The largest absolute Gasteiger partial charge is 0.310 e. The zero-order valence-electron chi connectivity index (χ0n) is 14.3. The first-order chi connectivity index (χ1) is 12.8. The van der Waals surface area contributed by atoms with Crippen LogP contribution in [0.5, 0.6) is 0 Å². The van der Waals surface area contributed by atoms with Gasteiger partial charge in [-0.25, -0.2) is 0 Å². The van der Waals surface area contributed by atoms with E-state index in [0.29, 0.717) is 0 Å². The minimum atomic E-state index is 1.11. The van der Waals surface area contributed by atoms with Crippen LogP contribution in [0, 0.1) is 0 Å². The van der Waals surface area contributed by atoms with Gasteiger partial charge < -0.3 is 4.57 Å². The highest BCUT2D eigenvalue weighted by molar-refractivity contribution is 9.10. The second-order valence-corrected chi connectivity index (χ2v) is 7.62. The first kappa shape index (κ1) is 15.7. The van der Waals surface area contributed by atoms with Gasteiger partial charge in [0.2, 0.25) is 0 Å². The molecule has 0 unspecified atom stereocenters. The number of benzene rings is 3. The van der Waals surface area contributed by atoms with Crippen LogP contribution in [0.4, 0.5) is 0 Å². The van der Waals surface area contributed by atoms with E-state index < -0.39 is 0 Å². The third-order valence-electron chi connectivity index (χ3n) is 5.08. The number of fused-ring (bicyclic) bond motifs is 3. The van der Waals surface area contributed by atoms with Crippen molar-refractivity contribution >= 4 is 43.4 Å².